The molecule has 2 aromatic heterocycles. The molecular weight excluding hydrogens is 459 g/mol. The number of nitrogens with one attached hydrogen (secondary N) is 1. The standard InChI is InChI=1S/C24H23FN4O4S/c1-33-12-6-11-28(23(31)19-13-16-17(25)9-5-10-18(16)34-19)20-21(26)29(24(32)27-22(20)30)14-15-7-3-2-4-8-15/h2-5,7-10,13H,6,11-12,14,26H2,1H3,(H,27,30,32). The molecule has 0 aliphatic heterocycles. The summed E-state index contributed by atoms with van der Waals surface area (Å²) in [7, 11) is 1.53. The number of anilines is 2. The molecule has 2 aromatic carbocycles. The number of thiophene rings is 1. The Morgan fingerprint density at radius 2 is 1.94 bits per heavy atom. The normalized spacial score (nSPS) is 11.1. The fourth-order valence-corrected chi connectivity index (χ4v) is 4.73. The number of halogens is 1. The monoisotopic (exact) mass is 482 g/mol. The molecule has 0 fully saturated rings. The molecule has 0 unspecified atom stereocenters. The van der Waals surface area contributed by atoms with Crippen molar-refractivity contribution in [2.24, 2.45) is 0 Å². The van der Waals surface area contributed by atoms with Crippen LogP contribution in [0.25, 0.3) is 10.1 Å². The first-order chi connectivity index (χ1) is 16.4. The number of methoxy groups -OCH3 is 1. The molecule has 4 rings (SSSR count). The fourth-order valence-electron chi connectivity index (χ4n) is 3.71. The van der Waals surface area contributed by atoms with E-state index < -0.39 is 23.0 Å². The maximum absolute atomic E-state index is 14.2. The van der Waals surface area contributed by atoms with Crippen molar-refractivity contribution in [2.45, 2.75) is 13.0 Å². The van der Waals surface area contributed by atoms with E-state index in [-0.39, 0.29) is 29.5 Å². The molecule has 4 aromatic rings. The van der Waals surface area contributed by atoms with Crippen molar-refractivity contribution >= 4 is 38.8 Å². The number of hydrogen-bond donors (Lipinski definition) is 2. The number of fused-ring (bicyclic) bond motifs is 1. The summed E-state index contributed by atoms with van der Waals surface area (Å²) >= 11 is 1.12. The van der Waals surface area contributed by atoms with Crippen LogP contribution in [0.5, 0.6) is 0 Å². The molecule has 34 heavy (non-hydrogen) atoms. The van der Waals surface area contributed by atoms with Gasteiger partial charge < -0.3 is 10.5 Å². The van der Waals surface area contributed by atoms with Gasteiger partial charge in [-0.15, -0.1) is 11.3 Å². The van der Waals surface area contributed by atoms with Crippen LogP contribution in [-0.4, -0.2) is 35.7 Å². The zero-order valence-electron chi connectivity index (χ0n) is 18.4. The maximum atomic E-state index is 14.2. The molecule has 0 radical (unpaired) electrons. The number of carbonyl (C=O) groups excluding carboxylic acids is 1. The minimum Gasteiger partial charge on any atom is -0.385 e. The Balaban J connectivity index is 1.80. The number of aromatic amines is 1. The minimum atomic E-state index is -0.773. The summed E-state index contributed by atoms with van der Waals surface area (Å²) in [5, 5.41) is 0.323. The molecule has 0 saturated heterocycles. The van der Waals surface area contributed by atoms with Gasteiger partial charge in [-0.25, -0.2) is 9.18 Å². The number of nitrogens with two attached hydrogens (primary N) is 1. The second-order valence-corrected chi connectivity index (χ2v) is 8.71. The van der Waals surface area contributed by atoms with Gasteiger partial charge in [-0.3, -0.25) is 24.0 Å². The first-order valence-electron chi connectivity index (χ1n) is 10.6. The van der Waals surface area contributed by atoms with Gasteiger partial charge in [-0.1, -0.05) is 36.4 Å². The van der Waals surface area contributed by atoms with Gasteiger partial charge in [0.25, 0.3) is 11.5 Å². The predicted octanol–water partition coefficient (Wildman–Crippen LogP) is 3.20. The van der Waals surface area contributed by atoms with Crippen molar-refractivity contribution in [1.29, 1.82) is 0 Å². The summed E-state index contributed by atoms with van der Waals surface area (Å²) in [5.41, 5.74) is 5.53. The van der Waals surface area contributed by atoms with Gasteiger partial charge in [0.1, 0.15) is 11.6 Å². The van der Waals surface area contributed by atoms with Gasteiger partial charge >= 0.3 is 5.69 Å². The lowest BCUT2D eigenvalue weighted by molar-refractivity contribution is 0.0987. The lowest BCUT2D eigenvalue weighted by Gasteiger charge is -2.24. The molecule has 0 saturated carbocycles. The van der Waals surface area contributed by atoms with Gasteiger partial charge in [0.15, 0.2) is 5.69 Å². The lowest BCUT2D eigenvalue weighted by atomic mass is 10.2. The van der Waals surface area contributed by atoms with Gasteiger partial charge in [-0.05, 0) is 30.2 Å². The highest BCUT2D eigenvalue weighted by Crippen LogP contribution is 2.30. The van der Waals surface area contributed by atoms with E-state index in [0.717, 1.165) is 16.9 Å². The van der Waals surface area contributed by atoms with E-state index in [9.17, 15) is 18.8 Å². The van der Waals surface area contributed by atoms with Crippen LogP contribution < -0.4 is 21.9 Å². The zero-order valence-corrected chi connectivity index (χ0v) is 19.2. The number of nitrogens with zero attached hydrogens (tertiary/aromatic N) is 2. The maximum Gasteiger partial charge on any atom is 0.330 e. The van der Waals surface area contributed by atoms with Gasteiger partial charge in [0, 0.05) is 30.3 Å². The van der Waals surface area contributed by atoms with Crippen LogP contribution in [0.4, 0.5) is 15.9 Å². The molecule has 10 heteroatoms. The summed E-state index contributed by atoms with van der Waals surface area (Å²) in [6.45, 7) is 0.565. The third-order valence-electron chi connectivity index (χ3n) is 5.36. The summed E-state index contributed by atoms with van der Waals surface area (Å²) in [4.78, 5) is 42.7. The van der Waals surface area contributed by atoms with Gasteiger partial charge in [0.05, 0.1) is 11.4 Å². The predicted molar refractivity (Wildman–Crippen MR) is 131 cm³/mol. The molecule has 0 aliphatic rings. The number of hydrogen-bond acceptors (Lipinski definition) is 6. The molecule has 1 amide bonds. The lowest BCUT2D eigenvalue weighted by Crippen LogP contribution is -2.41. The molecule has 0 aliphatic carbocycles. The van der Waals surface area contributed by atoms with Crippen LogP contribution in [0.2, 0.25) is 0 Å². The molecule has 0 bridgehead atoms. The first-order valence-corrected chi connectivity index (χ1v) is 11.4. The van der Waals surface area contributed by atoms with Crippen molar-refractivity contribution < 1.29 is 13.9 Å². The molecular formula is C24H23FN4O4S. The molecule has 2 heterocycles. The smallest absolute Gasteiger partial charge is 0.330 e. The Kier molecular flexibility index (Phi) is 6.90. The molecule has 0 atom stereocenters. The van der Waals surface area contributed by atoms with E-state index in [1.54, 1.807) is 12.1 Å². The van der Waals surface area contributed by atoms with E-state index in [1.165, 1.54) is 28.7 Å². The van der Waals surface area contributed by atoms with Crippen LogP contribution in [-0.2, 0) is 11.3 Å². The SMILES string of the molecule is COCCCN(C(=O)c1cc2c(F)cccc2s1)c1c(N)n(Cc2ccccc2)c(=O)[nH]c1=O. The van der Waals surface area contributed by atoms with E-state index in [2.05, 4.69) is 4.98 Å². The van der Waals surface area contributed by atoms with E-state index in [0.29, 0.717) is 23.1 Å². The van der Waals surface area contributed by atoms with E-state index in [1.807, 2.05) is 30.3 Å². The number of amides is 1. The third-order valence-corrected chi connectivity index (χ3v) is 6.45. The third kappa shape index (κ3) is 4.63. The molecule has 8 nitrogen and oxygen atoms in total. The van der Waals surface area contributed by atoms with Gasteiger partial charge in [-0.2, -0.15) is 0 Å². The number of benzene rings is 2. The number of carbonyl (C=O) groups is 1. The summed E-state index contributed by atoms with van der Waals surface area (Å²) in [6.07, 6.45) is 0.415. The zero-order chi connectivity index (χ0) is 24.2. The number of nitrogen functional groups attached to an aromatic ring is 1. The van der Waals surface area contributed by atoms with Gasteiger partial charge in [0.2, 0.25) is 0 Å². The van der Waals surface area contributed by atoms with Crippen molar-refractivity contribution in [3.05, 3.63) is 91.7 Å². The van der Waals surface area contributed by atoms with Crippen LogP contribution in [0, 0.1) is 5.82 Å². The van der Waals surface area contributed by atoms with E-state index in [4.69, 9.17) is 10.5 Å². The minimum absolute atomic E-state index is 0.111. The first kappa shape index (κ1) is 23.4. The van der Waals surface area contributed by atoms with Crippen molar-refractivity contribution in [1.82, 2.24) is 9.55 Å². The number of aromatic nitrogens is 2. The Morgan fingerprint density at radius 3 is 2.65 bits per heavy atom. The average molecular weight is 483 g/mol. The summed E-state index contributed by atoms with van der Waals surface area (Å²) < 4.78 is 21.1. The number of ether oxygens (including phenoxy) is 1. The Hall–Kier alpha value is -3.76. The quantitative estimate of drug-likeness (QED) is 0.375. The van der Waals surface area contributed by atoms with Crippen LogP contribution in [0.15, 0.2) is 64.2 Å². The highest BCUT2D eigenvalue weighted by atomic mass is 32.1. The largest absolute Gasteiger partial charge is 0.385 e. The highest BCUT2D eigenvalue weighted by Gasteiger charge is 2.26. The topological polar surface area (TPSA) is 110 Å². The Morgan fingerprint density at radius 1 is 1.18 bits per heavy atom. The van der Waals surface area contributed by atoms with Crippen LogP contribution in [0.1, 0.15) is 21.7 Å². The molecule has 0 spiro atoms. The van der Waals surface area contributed by atoms with Crippen LogP contribution >= 0.6 is 11.3 Å². The summed E-state index contributed by atoms with van der Waals surface area (Å²) in [5.74, 6) is -1.08. The summed E-state index contributed by atoms with van der Waals surface area (Å²) in [6, 6.07) is 15.2. The Bertz CT molecular complexity index is 1450. The van der Waals surface area contributed by atoms with Crippen molar-refractivity contribution in [2.75, 3.05) is 30.9 Å². The van der Waals surface area contributed by atoms with Crippen molar-refractivity contribution in [3.63, 3.8) is 0 Å². The average Bonchev–Trinajstić information content (AvgIpc) is 3.27. The number of rotatable bonds is 8. The van der Waals surface area contributed by atoms with Crippen molar-refractivity contribution in [3.8, 4) is 0 Å². The van der Waals surface area contributed by atoms with E-state index >= 15 is 0 Å². The Labute approximate surface area is 198 Å². The molecule has 3 N–H and O–H groups in total. The van der Waals surface area contributed by atoms with Crippen LogP contribution in [0.3, 0.4) is 0 Å². The molecule has 176 valence electrons. The second-order valence-electron chi connectivity index (χ2n) is 7.63. The second kappa shape index (κ2) is 10.0. The fraction of sp³-hybridized carbons (Fsp3) is 0.208. The number of H-pyrrole nitrogens is 1. The highest BCUT2D eigenvalue weighted by molar-refractivity contribution is 7.20.